The monoisotopic (exact) mass is 335 g/mol. The first-order valence-corrected chi connectivity index (χ1v) is 7.75. The van der Waals surface area contributed by atoms with Gasteiger partial charge in [0.15, 0.2) is 11.8 Å². The number of guanidine groups is 1. The third kappa shape index (κ3) is 5.53. The van der Waals surface area contributed by atoms with E-state index in [0.717, 1.165) is 12.5 Å². The molecule has 1 aromatic carbocycles. The van der Waals surface area contributed by atoms with Crippen molar-refractivity contribution >= 4 is 5.96 Å². The number of aryl methyl sites for hydroxylation is 1. The van der Waals surface area contributed by atoms with Gasteiger partial charge in [-0.15, -0.1) is 0 Å². The van der Waals surface area contributed by atoms with Crippen molar-refractivity contribution in [3.63, 3.8) is 0 Å². The highest BCUT2D eigenvalue weighted by Gasteiger charge is 2.07. The van der Waals surface area contributed by atoms with E-state index in [1.54, 1.807) is 19.1 Å². The normalized spacial score (nSPS) is 11.4. The predicted molar refractivity (Wildman–Crippen MR) is 88.4 cm³/mol. The van der Waals surface area contributed by atoms with Crippen LogP contribution in [0.1, 0.15) is 18.6 Å². The van der Waals surface area contributed by atoms with Crippen LogP contribution in [-0.4, -0.2) is 47.7 Å². The van der Waals surface area contributed by atoms with Gasteiger partial charge in [-0.2, -0.15) is 4.98 Å². The molecule has 0 saturated carbocycles. The summed E-state index contributed by atoms with van der Waals surface area (Å²) in [4.78, 5) is 10.5. The van der Waals surface area contributed by atoms with E-state index in [4.69, 9.17) is 9.26 Å². The first-order chi connectivity index (χ1) is 11.6. The summed E-state index contributed by atoms with van der Waals surface area (Å²) in [7, 11) is 1.91. The molecule has 0 aliphatic carbocycles. The molecule has 0 aliphatic heterocycles. The molecule has 0 radical (unpaired) electrons. The Hall–Kier alpha value is -2.64. The van der Waals surface area contributed by atoms with Gasteiger partial charge in [0.25, 0.3) is 0 Å². The predicted octanol–water partition coefficient (Wildman–Crippen LogP) is 1.99. The first-order valence-electron chi connectivity index (χ1n) is 7.75. The molecule has 0 fully saturated rings. The van der Waals surface area contributed by atoms with Gasteiger partial charge >= 0.3 is 0 Å². The Morgan fingerprint density at radius 2 is 2.12 bits per heavy atom. The minimum Gasteiger partial charge on any atom is -0.492 e. The van der Waals surface area contributed by atoms with E-state index in [2.05, 4.69) is 20.4 Å². The van der Waals surface area contributed by atoms with Crippen molar-refractivity contribution < 1.29 is 13.7 Å². The highest BCUT2D eigenvalue weighted by atomic mass is 19.1. The van der Waals surface area contributed by atoms with Crippen molar-refractivity contribution in [2.75, 3.05) is 26.7 Å². The second-order valence-electron chi connectivity index (χ2n) is 5.12. The smallest absolute Gasteiger partial charge is 0.223 e. The number of aromatic nitrogens is 2. The lowest BCUT2D eigenvalue weighted by molar-refractivity contribution is 0.281. The number of benzene rings is 1. The summed E-state index contributed by atoms with van der Waals surface area (Å²) in [6.45, 7) is 5.89. The van der Waals surface area contributed by atoms with Gasteiger partial charge < -0.3 is 19.5 Å². The first kappa shape index (κ1) is 17.7. The second kappa shape index (κ2) is 8.85. The third-order valence-electron chi connectivity index (χ3n) is 3.15. The van der Waals surface area contributed by atoms with E-state index < -0.39 is 0 Å². The lowest BCUT2D eigenvalue weighted by atomic mass is 10.3. The summed E-state index contributed by atoms with van der Waals surface area (Å²) < 4.78 is 23.4. The fourth-order valence-corrected chi connectivity index (χ4v) is 1.96. The third-order valence-corrected chi connectivity index (χ3v) is 3.15. The number of halogens is 1. The largest absolute Gasteiger partial charge is 0.492 e. The van der Waals surface area contributed by atoms with E-state index in [9.17, 15) is 4.39 Å². The quantitative estimate of drug-likeness (QED) is 0.616. The number of nitrogens with zero attached hydrogens (tertiary/aromatic N) is 4. The molecule has 0 amide bonds. The fourth-order valence-electron chi connectivity index (χ4n) is 1.96. The van der Waals surface area contributed by atoms with Crippen molar-refractivity contribution in [1.29, 1.82) is 0 Å². The van der Waals surface area contributed by atoms with Crippen LogP contribution in [0.25, 0.3) is 0 Å². The lowest BCUT2D eigenvalue weighted by Gasteiger charge is -2.21. The molecule has 130 valence electrons. The Balaban J connectivity index is 1.85. The summed E-state index contributed by atoms with van der Waals surface area (Å²) in [6.07, 6.45) is 0. The molecular formula is C16H22FN5O2. The van der Waals surface area contributed by atoms with Crippen LogP contribution < -0.4 is 10.1 Å². The van der Waals surface area contributed by atoms with Crippen molar-refractivity contribution in [2.45, 2.75) is 20.4 Å². The summed E-state index contributed by atoms with van der Waals surface area (Å²) in [6, 6.07) is 5.95. The Morgan fingerprint density at radius 1 is 1.38 bits per heavy atom. The molecule has 0 spiro atoms. The molecule has 24 heavy (non-hydrogen) atoms. The molecule has 2 aromatic rings. The molecule has 0 unspecified atom stereocenters. The number of hydrogen-bond donors (Lipinski definition) is 1. The van der Waals surface area contributed by atoms with Crippen molar-refractivity contribution in [3.8, 4) is 5.75 Å². The molecule has 0 atom stereocenters. The minimum absolute atomic E-state index is 0.280. The molecule has 0 bridgehead atoms. The van der Waals surface area contributed by atoms with Gasteiger partial charge in [0, 0.05) is 20.5 Å². The maximum atomic E-state index is 12.8. The maximum absolute atomic E-state index is 12.8. The van der Waals surface area contributed by atoms with Crippen LogP contribution >= 0.6 is 0 Å². The second-order valence-corrected chi connectivity index (χ2v) is 5.12. The SMILES string of the molecule is CCNC(=NCc1noc(C)n1)N(C)CCOc1ccc(F)cc1. The van der Waals surface area contributed by atoms with Gasteiger partial charge in [0.2, 0.25) is 5.89 Å². The standard InChI is InChI=1S/C16H22FN5O2/c1-4-18-16(19-11-15-20-12(2)24-21-15)22(3)9-10-23-14-7-5-13(17)6-8-14/h5-8H,4,9-11H2,1-3H3,(H,18,19). The molecule has 8 heteroatoms. The van der Waals surface area contributed by atoms with Gasteiger partial charge in [-0.1, -0.05) is 5.16 Å². The maximum Gasteiger partial charge on any atom is 0.223 e. The zero-order valence-electron chi connectivity index (χ0n) is 14.1. The summed E-state index contributed by atoms with van der Waals surface area (Å²) in [5.74, 6) is 2.14. The van der Waals surface area contributed by atoms with Crippen LogP contribution in [0, 0.1) is 12.7 Å². The van der Waals surface area contributed by atoms with Crippen molar-refractivity contribution in [2.24, 2.45) is 4.99 Å². The van der Waals surface area contributed by atoms with Gasteiger partial charge in [0.1, 0.15) is 24.7 Å². The number of aliphatic imine (C=N–C) groups is 1. The van der Waals surface area contributed by atoms with E-state index in [1.807, 2.05) is 18.9 Å². The number of rotatable bonds is 7. The number of nitrogens with one attached hydrogen (secondary N) is 1. The van der Waals surface area contributed by atoms with Crippen LogP contribution in [0.2, 0.25) is 0 Å². The van der Waals surface area contributed by atoms with Crippen LogP contribution in [0.5, 0.6) is 5.75 Å². The zero-order valence-corrected chi connectivity index (χ0v) is 14.1. The molecule has 0 saturated heterocycles. The molecule has 2 rings (SSSR count). The minimum atomic E-state index is -0.280. The molecule has 1 N–H and O–H groups in total. The van der Waals surface area contributed by atoms with Crippen LogP contribution in [0.4, 0.5) is 4.39 Å². The average Bonchev–Trinajstić information content (AvgIpc) is 2.98. The van der Waals surface area contributed by atoms with Crippen molar-refractivity contribution in [1.82, 2.24) is 20.4 Å². The molecule has 7 nitrogen and oxygen atoms in total. The van der Waals surface area contributed by atoms with Gasteiger partial charge in [-0.3, -0.25) is 0 Å². The Bertz CT molecular complexity index is 657. The lowest BCUT2D eigenvalue weighted by Crippen LogP contribution is -2.40. The van der Waals surface area contributed by atoms with E-state index in [0.29, 0.717) is 37.2 Å². The highest BCUT2D eigenvalue weighted by Crippen LogP contribution is 2.10. The van der Waals surface area contributed by atoms with E-state index in [-0.39, 0.29) is 5.82 Å². The summed E-state index contributed by atoms with van der Waals surface area (Å²) in [5.41, 5.74) is 0. The summed E-state index contributed by atoms with van der Waals surface area (Å²) in [5, 5.41) is 7.02. The molecule has 1 heterocycles. The fraction of sp³-hybridized carbons (Fsp3) is 0.438. The average molecular weight is 335 g/mol. The Kier molecular flexibility index (Phi) is 6.53. The molecular weight excluding hydrogens is 313 g/mol. The number of ether oxygens (including phenoxy) is 1. The Labute approximate surface area is 140 Å². The molecule has 0 aliphatic rings. The number of likely N-dealkylation sites (N-methyl/N-ethyl adjacent to an activating group) is 1. The van der Waals surface area contributed by atoms with Crippen LogP contribution in [0.3, 0.4) is 0 Å². The van der Waals surface area contributed by atoms with E-state index in [1.165, 1.54) is 12.1 Å². The zero-order chi connectivity index (χ0) is 17.4. The summed E-state index contributed by atoms with van der Waals surface area (Å²) >= 11 is 0. The van der Waals surface area contributed by atoms with Crippen LogP contribution in [-0.2, 0) is 6.54 Å². The van der Waals surface area contributed by atoms with Crippen LogP contribution in [0.15, 0.2) is 33.8 Å². The van der Waals surface area contributed by atoms with Gasteiger partial charge in [-0.25, -0.2) is 9.38 Å². The number of hydrogen-bond acceptors (Lipinski definition) is 5. The topological polar surface area (TPSA) is 75.8 Å². The highest BCUT2D eigenvalue weighted by molar-refractivity contribution is 5.79. The van der Waals surface area contributed by atoms with Gasteiger partial charge in [0.05, 0.1) is 6.54 Å². The molecule has 1 aromatic heterocycles. The Morgan fingerprint density at radius 3 is 2.75 bits per heavy atom. The van der Waals surface area contributed by atoms with Gasteiger partial charge in [-0.05, 0) is 31.2 Å². The van der Waals surface area contributed by atoms with E-state index >= 15 is 0 Å². The van der Waals surface area contributed by atoms with Crippen molar-refractivity contribution in [3.05, 3.63) is 41.8 Å².